The number of nitrogens with two attached hydrogens (primary N) is 1. The van der Waals surface area contributed by atoms with Crippen LogP contribution in [0.2, 0.25) is 0 Å². The summed E-state index contributed by atoms with van der Waals surface area (Å²) in [6.07, 6.45) is 1.45. The number of carboxylic acid groups (broad SMARTS) is 1. The van der Waals surface area contributed by atoms with Gasteiger partial charge in [0, 0.05) is 13.1 Å². The predicted octanol–water partition coefficient (Wildman–Crippen LogP) is -0.881. The van der Waals surface area contributed by atoms with E-state index in [0.29, 0.717) is 0 Å². The van der Waals surface area contributed by atoms with Crippen LogP contribution >= 0.6 is 0 Å². The Morgan fingerprint density at radius 2 is 2.06 bits per heavy atom. The van der Waals surface area contributed by atoms with Crippen LogP contribution in [0.1, 0.15) is 19.3 Å². The van der Waals surface area contributed by atoms with Crippen molar-refractivity contribution in [3.05, 3.63) is 0 Å². The fourth-order valence-electron chi connectivity index (χ4n) is 1.28. The van der Waals surface area contributed by atoms with Gasteiger partial charge in [-0.1, -0.05) is 0 Å². The highest BCUT2D eigenvalue weighted by molar-refractivity contribution is 5.87. The molecule has 1 aliphatic carbocycles. The van der Waals surface area contributed by atoms with E-state index in [2.05, 4.69) is 5.32 Å². The normalized spacial score (nSPS) is 16.3. The van der Waals surface area contributed by atoms with Crippen LogP contribution in [0, 0.1) is 0 Å². The van der Waals surface area contributed by atoms with Crippen LogP contribution in [0.15, 0.2) is 0 Å². The van der Waals surface area contributed by atoms with Crippen LogP contribution in [-0.2, 0) is 9.59 Å². The van der Waals surface area contributed by atoms with Gasteiger partial charge in [-0.15, -0.1) is 0 Å². The van der Waals surface area contributed by atoms with E-state index in [1.807, 2.05) is 0 Å². The molecule has 1 aliphatic rings. The molecule has 1 unspecified atom stereocenters. The van der Waals surface area contributed by atoms with Gasteiger partial charge in [-0.2, -0.15) is 0 Å². The first-order chi connectivity index (χ1) is 7.41. The SMILES string of the molecule is CN(C(=O)NC(CC(N)=O)C(=O)O)C1CC1. The predicted molar refractivity (Wildman–Crippen MR) is 54.6 cm³/mol. The number of carboxylic acids is 1. The average molecular weight is 229 g/mol. The minimum Gasteiger partial charge on any atom is -0.480 e. The number of carbonyl (C=O) groups excluding carboxylic acids is 2. The lowest BCUT2D eigenvalue weighted by atomic mass is 10.2. The lowest BCUT2D eigenvalue weighted by Gasteiger charge is -2.20. The molecule has 0 aliphatic heterocycles. The summed E-state index contributed by atoms with van der Waals surface area (Å²) in [6, 6.07) is -1.56. The second kappa shape index (κ2) is 4.82. The number of nitrogens with zero attached hydrogens (tertiary/aromatic N) is 1. The van der Waals surface area contributed by atoms with Crippen LogP contribution in [0.5, 0.6) is 0 Å². The Morgan fingerprint density at radius 3 is 2.44 bits per heavy atom. The number of rotatable bonds is 5. The van der Waals surface area contributed by atoms with Crippen molar-refractivity contribution in [2.24, 2.45) is 5.73 Å². The van der Waals surface area contributed by atoms with E-state index >= 15 is 0 Å². The zero-order valence-electron chi connectivity index (χ0n) is 8.97. The molecule has 0 heterocycles. The molecule has 0 bridgehead atoms. The first kappa shape index (κ1) is 12.3. The maximum absolute atomic E-state index is 11.5. The number of aliphatic carboxylic acids is 1. The van der Waals surface area contributed by atoms with Gasteiger partial charge in [-0.05, 0) is 12.8 Å². The summed E-state index contributed by atoms with van der Waals surface area (Å²) in [4.78, 5) is 34.3. The molecule has 0 aromatic carbocycles. The van der Waals surface area contributed by atoms with Crippen LogP contribution in [0.4, 0.5) is 4.79 Å². The Bertz CT molecular complexity index is 314. The third-order valence-electron chi connectivity index (χ3n) is 2.42. The van der Waals surface area contributed by atoms with Gasteiger partial charge in [0.1, 0.15) is 6.04 Å². The van der Waals surface area contributed by atoms with Crippen molar-refractivity contribution in [1.29, 1.82) is 0 Å². The Balaban J connectivity index is 2.49. The van der Waals surface area contributed by atoms with Crippen LogP contribution < -0.4 is 11.1 Å². The van der Waals surface area contributed by atoms with Gasteiger partial charge in [0.25, 0.3) is 0 Å². The zero-order chi connectivity index (χ0) is 12.3. The molecule has 1 atom stereocenters. The third kappa shape index (κ3) is 3.41. The van der Waals surface area contributed by atoms with Gasteiger partial charge in [0.2, 0.25) is 5.91 Å². The smallest absolute Gasteiger partial charge is 0.326 e. The minimum absolute atomic E-state index is 0.183. The molecule has 0 aromatic heterocycles. The van der Waals surface area contributed by atoms with Crippen molar-refractivity contribution in [3.8, 4) is 0 Å². The average Bonchev–Trinajstić information content (AvgIpc) is 2.97. The molecule has 16 heavy (non-hydrogen) atoms. The second-order valence-electron chi connectivity index (χ2n) is 3.85. The van der Waals surface area contributed by atoms with Gasteiger partial charge >= 0.3 is 12.0 Å². The number of hydrogen-bond donors (Lipinski definition) is 3. The van der Waals surface area contributed by atoms with Gasteiger partial charge in [-0.3, -0.25) is 4.79 Å². The number of nitrogens with one attached hydrogen (secondary N) is 1. The highest BCUT2D eigenvalue weighted by Gasteiger charge is 2.31. The Hall–Kier alpha value is -1.79. The zero-order valence-corrected chi connectivity index (χ0v) is 8.97. The van der Waals surface area contributed by atoms with Crippen LogP contribution in [0.25, 0.3) is 0 Å². The van der Waals surface area contributed by atoms with E-state index in [1.54, 1.807) is 7.05 Å². The first-order valence-corrected chi connectivity index (χ1v) is 4.96. The van der Waals surface area contributed by atoms with Crippen molar-refractivity contribution < 1.29 is 19.5 Å². The molecular weight excluding hydrogens is 214 g/mol. The molecular formula is C9H15N3O4. The monoisotopic (exact) mass is 229 g/mol. The Kier molecular flexibility index (Phi) is 3.70. The van der Waals surface area contributed by atoms with Crippen molar-refractivity contribution in [1.82, 2.24) is 10.2 Å². The van der Waals surface area contributed by atoms with Gasteiger partial charge < -0.3 is 21.1 Å². The fourth-order valence-corrected chi connectivity index (χ4v) is 1.28. The van der Waals surface area contributed by atoms with E-state index in [0.717, 1.165) is 12.8 Å². The van der Waals surface area contributed by atoms with E-state index in [1.165, 1.54) is 4.90 Å². The Labute approximate surface area is 92.6 Å². The first-order valence-electron chi connectivity index (χ1n) is 4.96. The van der Waals surface area contributed by atoms with Gasteiger partial charge in [0.05, 0.1) is 6.42 Å². The van der Waals surface area contributed by atoms with Crippen molar-refractivity contribution in [3.63, 3.8) is 0 Å². The summed E-state index contributed by atoms with van der Waals surface area (Å²) in [7, 11) is 1.59. The number of carbonyl (C=O) groups is 3. The number of urea groups is 1. The molecule has 7 heteroatoms. The van der Waals surface area contributed by atoms with E-state index in [9.17, 15) is 14.4 Å². The standard InChI is InChI=1S/C9H15N3O4/c1-12(5-2-3-5)9(16)11-6(8(14)15)4-7(10)13/h5-6H,2-4H2,1H3,(H2,10,13)(H,11,16)(H,14,15). The molecule has 1 fully saturated rings. The molecule has 3 amide bonds. The summed E-state index contributed by atoms with van der Waals surface area (Å²) in [6.45, 7) is 0. The lowest BCUT2D eigenvalue weighted by molar-refractivity contribution is -0.140. The van der Waals surface area contributed by atoms with Gasteiger partial charge in [0.15, 0.2) is 0 Å². The van der Waals surface area contributed by atoms with E-state index in [4.69, 9.17) is 10.8 Å². The lowest BCUT2D eigenvalue weighted by Crippen LogP contribution is -2.48. The number of primary amides is 1. The highest BCUT2D eigenvalue weighted by Crippen LogP contribution is 2.25. The maximum Gasteiger partial charge on any atom is 0.326 e. The molecule has 1 saturated carbocycles. The Morgan fingerprint density at radius 1 is 1.50 bits per heavy atom. The van der Waals surface area contributed by atoms with Crippen molar-refractivity contribution in [2.45, 2.75) is 31.3 Å². The van der Waals surface area contributed by atoms with Crippen LogP contribution in [-0.4, -0.2) is 47.0 Å². The van der Waals surface area contributed by atoms with Gasteiger partial charge in [-0.25, -0.2) is 9.59 Å². The third-order valence-corrected chi connectivity index (χ3v) is 2.42. The summed E-state index contributed by atoms with van der Waals surface area (Å²) in [5.74, 6) is -2.03. The van der Waals surface area contributed by atoms with E-state index in [-0.39, 0.29) is 6.04 Å². The highest BCUT2D eigenvalue weighted by atomic mass is 16.4. The molecule has 90 valence electrons. The largest absolute Gasteiger partial charge is 0.480 e. The van der Waals surface area contributed by atoms with Crippen molar-refractivity contribution in [2.75, 3.05) is 7.05 Å². The molecule has 4 N–H and O–H groups in total. The molecule has 1 rings (SSSR count). The summed E-state index contributed by atoms with van der Waals surface area (Å²) in [5.41, 5.74) is 4.89. The molecule has 0 aromatic rings. The maximum atomic E-state index is 11.5. The summed E-state index contributed by atoms with van der Waals surface area (Å²) in [5, 5.41) is 11.0. The minimum atomic E-state index is -1.27. The van der Waals surface area contributed by atoms with Crippen LogP contribution in [0.3, 0.4) is 0 Å². The second-order valence-corrected chi connectivity index (χ2v) is 3.85. The molecule has 0 radical (unpaired) electrons. The topological polar surface area (TPSA) is 113 Å². The number of hydrogen-bond acceptors (Lipinski definition) is 3. The fraction of sp³-hybridized carbons (Fsp3) is 0.667. The summed E-state index contributed by atoms with van der Waals surface area (Å²) < 4.78 is 0. The molecule has 0 spiro atoms. The molecule has 7 nitrogen and oxygen atoms in total. The molecule has 0 saturated heterocycles. The summed E-state index contributed by atoms with van der Waals surface area (Å²) >= 11 is 0. The number of amides is 3. The van der Waals surface area contributed by atoms with E-state index < -0.39 is 30.4 Å². The van der Waals surface area contributed by atoms with Crippen molar-refractivity contribution >= 4 is 17.9 Å². The quantitative estimate of drug-likeness (QED) is 0.568.